The van der Waals surface area contributed by atoms with Gasteiger partial charge in [0, 0.05) is 29.5 Å². The average Bonchev–Trinajstić information content (AvgIpc) is 2.87. The predicted octanol–water partition coefficient (Wildman–Crippen LogP) is 2.81. The number of pyridine rings is 1. The van der Waals surface area contributed by atoms with Crippen LogP contribution in [-0.2, 0) is 13.0 Å². The molecule has 0 saturated carbocycles. The molecule has 0 amide bonds. The van der Waals surface area contributed by atoms with Crippen molar-refractivity contribution in [2.24, 2.45) is 0 Å². The van der Waals surface area contributed by atoms with Crippen molar-refractivity contribution in [2.45, 2.75) is 13.0 Å². The predicted molar refractivity (Wildman–Crippen MR) is 78.4 cm³/mol. The monoisotopic (exact) mass is 316 g/mol. The Morgan fingerprint density at radius 1 is 1.16 bits per heavy atom. The topological polar surface area (TPSA) is 43.6 Å². The Labute approximate surface area is 119 Å². The number of benzene rings is 1. The van der Waals surface area contributed by atoms with Crippen LogP contribution in [0.25, 0.3) is 10.9 Å². The summed E-state index contributed by atoms with van der Waals surface area (Å²) in [4.78, 5) is 4.45. The minimum Gasteiger partial charge on any atom is -0.256 e. The molecule has 0 fully saturated rings. The highest BCUT2D eigenvalue weighted by Gasteiger charge is 2.05. The van der Waals surface area contributed by atoms with Gasteiger partial charge in [-0.1, -0.05) is 45.4 Å². The Kier molecular flexibility index (Phi) is 3.55. The number of hydrogen-bond acceptors (Lipinski definition) is 3. The summed E-state index contributed by atoms with van der Waals surface area (Å²) in [5.74, 6) is 0. The van der Waals surface area contributed by atoms with Gasteiger partial charge in [-0.05, 0) is 11.6 Å². The Balaban J connectivity index is 1.92. The number of fused-ring (bicyclic) bond motifs is 1. The number of hydrogen-bond donors (Lipinski definition) is 0. The van der Waals surface area contributed by atoms with Gasteiger partial charge < -0.3 is 0 Å². The van der Waals surface area contributed by atoms with Crippen molar-refractivity contribution in [1.29, 1.82) is 0 Å². The average molecular weight is 317 g/mol. The van der Waals surface area contributed by atoms with E-state index in [2.05, 4.69) is 55.5 Å². The number of nitrogens with zero attached hydrogens (tertiary/aromatic N) is 4. The van der Waals surface area contributed by atoms with Gasteiger partial charge in [0.15, 0.2) is 0 Å². The van der Waals surface area contributed by atoms with Crippen LogP contribution in [0.5, 0.6) is 0 Å². The highest BCUT2D eigenvalue weighted by Crippen LogP contribution is 2.16. The lowest BCUT2D eigenvalue weighted by atomic mass is 10.1. The van der Waals surface area contributed by atoms with Crippen LogP contribution in [0.4, 0.5) is 0 Å². The van der Waals surface area contributed by atoms with Crippen molar-refractivity contribution in [1.82, 2.24) is 20.0 Å². The smallest absolute Gasteiger partial charge is 0.0835 e. The summed E-state index contributed by atoms with van der Waals surface area (Å²) in [6.07, 6.45) is 4.71. The third-order valence-electron chi connectivity index (χ3n) is 2.99. The molecule has 1 aromatic carbocycles. The van der Waals surface area contributed by atoms with E-state index < -0.39 is 0 Å². The standard InChI is InChI=1S/C14H13BrN4/c15-7-6-13-10-19(18-17-13)9-12-4-1-3-11-5-2-8-16-14(11)12/h1-5,8,10H,6-7,9H2. The summed E-state index contributed by atoms with van der Waals surface area (Å²) in [5, 5.41) is 10.4. The number of para-hydroxylation sites is 1. The van der Waals surface area contributed by atoms with Crippen molar-refractivity contribution < 1.29 is 0 Å². The van der Waals surface area contributed by atoms with Crippen LogP contribution in [0.15, 0.2) is 42.7 Å². The van der Waals surface area contributed by atoms with Gasteiger partial charge in [0.25, 0.3) is 0 Å². The maximum Gasteiger partial charge on any atom is 0.0835 e. The van der Waals surface area contributed by atoms with Crippen molar-refractivity contribution in [3.63, 3.8) is 0 Å². The summed E-state index contributed by atoms with van der Waals surface area (Å²) in [6.45, 7) is 0.698. The number of alkyl halides is 1. The van der Waals surface area contributed by atoms with E-state index in [9.17, 15) is 0 Å². The van der Waals surface area contributed by atoms with Crippen LogP contribution in [0.1, 0.15) is 11.3 Å². The van der Waals surface area contributed by atoms with E-state index in [0.29, 0.717) is 6.54 Å². The normalized spacial score (nSPS) is 11.0. The van der Waals surface area contributed by atoms with Crippen LogP contribution in [-0.4, -0.2) is 25.3 Å². The second-order valence-corrected chi connectivity index (χ2v) is 5.13. The number of rotatable bonds is 4. The Bertz CT molecular complexity index is 687. The van der Waals surface area contributed by atoms with Crippen molar-refractivity contribution in [3.05, 3.63) is 54.0 Å². The van der Waals surface area contributed by atoms with Gasteiger partial charge in [0.05, 0.1) is 17.8 Å². The summed E-state index contributed by atoms with van der Waals surface area (Å²) in [5.41, 5.74) is 3.20. The Hall–Kier alpha value is -1.75. The first-order valence-electron chi connectivity index (χ1n) is 6.14. The molecule has 2 heterocycles. The van der Waals surface area contributed by atoms with Crippen LogP contribution < -0.4 is 0 Å². The first-order chi connectivity index (χ1) is 9.36. The van der Waals surface area contributed by atoms with Gasteiger partial charge in [0.2, 0.25) is 0 Å². The molecule has 3 aromatic rings. The lowest BCUT2D eigenvalue weighted by Gasteiger charge is -2.04. The van der Waals surface area contributed by atoms with Crippen LogP contribution in [0.2, 0.25) is 0 Å². The van der Waals surface area contributed by atoms with E-state index >= 15 is 0 Å². The minimum atomic E-state index is 0.698. The second-order valence-electron chi connectivity index (χ2n) is 4.34. The van der Waals surface area contributed by atoms with E-state index in [1.54, 1.807) is 0 Å². The van der Waals surface area contributed by atoms with Gasteiger partial charge in [-0.2, -0.15) is 0 Å². The Morgan fingerprint density at radius 3 is 2.95 bits per heavy atom. The molecular weight excluding hydrogens is 304 g/mol. The third-order valence-corrected chi connectivity index (χ3v) is 3.38. The summed E-state index contributed by atoms with van der Waals surface area (Å²) < 4.78 is 1.86. The molecule has 0 aliphatic carbocycles. The molecule has 0 radical (unpaired) electrons. The van der Waals surface area contributed by atoms with E-state index in [0.717, 1.165) is 33.9 Å². The number of halogens is 1. The van der Waals surface area contributed by atoms with E-state index in [1.165, 1.54) is 0 Å². The van der Waals surface area contributed by atoms with Gasteiger partial charge in [-0.15, -0.1) is 5.10 Å². The second kappa shape index (κ2) is 5.48. The molecular formula is C14H13BrN4. The molecule has 0 bridgehead atoms. The fourth-order valence-corrected chi connectivity index (χ4v) is 2.50. The molecule has 2 aromatic heterocycles. The lowest BCUT2D eigenvalue weighted by molar-refractivity contribution is 0.651. The third kappa shape index (κ3) is 2.66. The fraction of sp³-hybridized carbons (Fsp3) is 0.214. The molecule has 96 valence electrons. The lowest BCUT2D eigenvalue weighted by Crippen LogP contribution is -2.01. The molecule has 0 saturated heterocycles. The molecule has 0 unspecified atom stereocenters. The summed E-state index contributed by atoms with van der Waals surface area (Å²) in [7, 11) is 0. The first-order valence-corrected chi connectivity index (χ1v) is 7.26. The molecule has 3 rings (SSSR count). The zero-order chi connectivity index (χ0) is 13.1. The van der Waals surface area contributed by atoms with Crippen LogP contribution in [0, 0.1) is 0 Å². The van der Waals surface area contributed by atoms with E-state index in [1.807, 2.05) is 23.1 Å². The zero-order valence-corrected chi connectivity index (χ0v) is 11.9. The highest BCUT2D eigenvalue weighted by atomic mass is 79.9. The molecule has 0 atom stereocenters. The fourth-order valence-electron chi connectivity index (χ4n) is 2.10. The van der Waals surface area contributed by atoms with E-state index in [4.69, 9.17) is 0 Å². The molecule has 0 aliphatic rings. The van der Waals surface area contributed by atoms with Crippen molar-refractivity contribution in [3.8, 4) is 0 Å². The zero-order valence-electron chi connectivity index (χ0n) is 10.3. The van der Waals surface area contributed by atoms with Crippen LogP contribution >= 0.6 is 15.9 Å². The number of aryl methyl sites for hydroxylation is 1. The maximum absolute atomic E-state index is 4.45. The van der Waals surface area contributed by atoms with Crippen molar-refractivity contribution in [2.75, 3.05) is 5.33 Å². The van der Waals surface area contributed by atoms with Gasteiger partial charge >= 0.3 is 0 Å². The molecule has 19 heavy (non-hydrogen) atoms. The summed E-state index contributed by atoms with van der Waals surface area (Å²) in [6, 6.07) is 10.2. The molecule has 5 heteroatoms. The SMILES string of the molecule is BrCCc1cn(Cc2cccc3cccnc23)nn1. The van der Waals surface area contributed by atoms with Gasteiger partial charge in [-0.3, -0.25) is 4.98 Å². The molecule has 0 N–H and O–H groups in total. The maximum atomic E-state index is 4.45. The molecule has 0 aliphatic heterocycles. The quantitative estimate of drug-likeness (QED) is 0.695. The van der Waals surface area contributed by atoms with Gasteiger partial charge in [-0.25, -0.2) is 4.68 Å². The van der Waals surface area contributed by atoms with Gasteiger partial charge in [0.1, 0.15) is 0 Å². The molecule has 0 spiro atoms. The summed E-state index contributed by atoms with van der Waals surface area (Å²) >= 11 is 3.41. The highest BCUT2D eigenvalue weighted by molar-refractivity contribution is 9.09. The first kappa shape index (κ1) is 12.3. The van der Waals surface area contributed by atoms with Crippen molar-refractivity contribution >= 4 is 26.8 Å². The number of aromatic nitrogens is 4. The molecule has 4 nitrogen and oxygen atoms in total. The largest absolute Gasteiger partial charge is 0.256 e. The minimum absolute atomic E-state index is 0.698. The Morgan fingerprint density at radius 2 is 2.05 bits per heavy atom. The van der Waals surface area contributed by atoms with Crippen LogP contribution in [0.3, 0.4) is 0 Å². The van der Waals surface area contributed by atoms with E-state index in [-0.39, 0.29) is 0 Å².